The Hall–Kier alpha value is -2.67. The minimum Gasteiger partial charge on any atom is -0.329 e. The fourth-order valence-corrected chi connectivity index (χ4v) is 3.54. The van der Waals surface area contributed by atoms with Crippen molar-refractivity contribution in [2.75, 3.05) is 25.0 Å². The molecule has 3 heterocycles. The van der Waals surface area contributed by atoms with Crippen LogP contribution in [0.3, 0.4) is 0 Å². The van der Waals surface area contributed by atoms with Crippen LogP contribution in [0.15, 0.2) is 30.6 Å². The molecule has 7 nitrogen and oxygen atoms in total. The van der Waals surface area contributed by atoms with E-state index in [0.29, 0.717) is 24.9 Å². The molecule has 2 aliphatic rings. The number of aryl methyl sites for hydroxylation is 2. The minimum absolute atomic E-state index is 0.0225. The molecule has 0 saturated carbocycles. The van der Waals surface area contributed by atoms with Gasteiger partial charge in [0.05, 0.1) is 12.2 Å². The zero-order chi connectivity index (χ0) is 17.4. The van der Waals surface area contributed by atoms with E-state index in [1.54, 1.807) is 10.7 Å². The van der Waals surface area contributed by atoms with E-state index in [2.05, 4.69) is 15.7 Å². The van der Waals surface area contributed by atoms with Crippen LogP contribution in [-0.4, -0.2) is 46.1 Å². The quantitative estimate of drug-likeness (QED) is 0.858. The molecule has 0 spiro atoms. The van der Waals surface area contributed by atoms with E-state index >= 15 is 0 Å². The van der Waals surface area contributed by atoms with E-state index in [0.717, 1.165) is 29.9 Å². The third kappa shape index (κ3) is 3.02. The van der Waals surface area contributed by atoms with Crippen LogP contribution in [0.2, 0.25) is 0 Å². The summed E-state index contributed by atoms with van der Waals surface area (Å²) in [6.45, 7) is 2.16. The summed E-state index contributed by atoms with van der Waals surface area (Å²) in [5, 5.41) is 10.4. The molecule has 25 heavy (non-hydrogen) atoms. The van der Waals surface area contributed by atoms with E-state index in [1.165, 1.54) is 0 Å². The van der Waals surface area contributed by atoms with E-state index < -0.39 is 0 Å². The Morgan fingerprint density at radius 1 is 1.32 bits per heavy atom. The Labute approximate surface area is 146 Å². The van der Waals surface area contributed by atoms with Gasteiger partial charge in [-0.2, -0.15) is 5.10 Å². The maximum absolute atomic E-state index is 13.1. The van der Waals surface area contributed by atoms with Gasteiger partial charge in [-0.15, -0.1) is 0 Å². The number of nitrogens with zero attached hydrogens (tertiary/aromatic N) is 3. The van der Waals surface area contributed by atoms with Gasteiger partial charge in [-0.3, -0.25) is 14.3 Å². The number of aromatic nitrogens is 2. The highest BCUT2D eigenvalue weighted by molar-refractivity contribution is 5.98. The lowest BCUT2D eigenvalue weighted by Gasteiger charge is -2.36. The fourth-order valence-electron chi connectivity index (χ4n) is 3.54. The largest absolute Gasteiger partial charge is 0.329 e. The van der Waals surface area contributed by atoms with Crippen molar-refractivity contribution >= 4 is 17.5 Å². The van der Waals surface area contributed by atoms with Crippen molar-refractivity contribution < 1.29 is 9.59 Å². The van der Waals surface area contributed by atoms with Crippen molar-refractivity contribution in [1.82, 2.24) is 20.0 Å². The average Bonchev–Trinajstić information content (AvgIpc) is 3.07. The molecule has 1 unspecified atom stereocenters. The summed E-state index contributed by atoms with van der Waals surface area (Å²) in [7, 11) is 1.88. The van der Waals surface area contributed by atoms with E-state index in [9.17, 15) is 9.59 Å². The van der Waals surface area contributed by atoms with Gasteiger partial charge in [0.25, 0.3) is 5.91 Å². The Morgan fingerprint density at radius 2 is 2.20 bits per heavy atom. The van der Waals surface area contributed by atoms with E-state index in [1.807, 2.05) is 36.5 Å². The molecular weight excluding hydrogens is 318 g/mol. The molecule has 7 heteroatoms. The van der Waals surface area contributed by atoms with Crippen LogP contribution in [0.1, 0.15) is 33.9 Å². The summed E-state index contributed by atoms with van der Waals surface area (Å²) >= 11 is 0. The maximum Gasteiger partial charge on any atom is 0.254 e. The summed E-state index contributed by atoms with van der Waals surface area (Å²) in [6.07, 6.45) is 4.92. The molecule has 1 fully saturated rings. The molecular formula is C18H21N5O2. The highest BCUT2D eigenvalue weighted by Crippen LogP contribution is 2.27. The number of rotatable bonds is 2. The first-order valence-corrected chi connectivity index (χ1v) is 8.55. The van der Waals surface area contributed by atoms with Gasteiger partial charge in [-0.05, 0) is 30.2 Å². The lowest BCUT2D eigenvalue weighted by Crippen LogP contribution is -2.48. The van der Waals surface area contributed by atoms with Crippen molar-refractivity contribution in [2.24, 2.45) is 7.05 Å². The number of anilines is 1. The predicted molar refractivity (Wildman–Crippen MR) is 93.2 cm³/mol. The van der Waals surface area contributed by atoms with Gasteiger partial charge in [0, 0.05) is 56.1 Å². The first-order chi connectivity index (χ1) is 12.1. The summed E-state index contributed by atoms with van der Waals surface area (Å²) < 4.78 is 1.76. The summed E-state index contributed by atoms with van der Waals surface area (Å²) in [6, 6.07) is 5.53. The van der Waals surface area contributed by atoms with Crippen LogP contribution in [0, 0.1) is 0 Å². The smallest absolute Gasteiger partial charge is 0.254 e. The maximum atomic E-state index is 13.1. The van der Waals surface area contributed by atoms with E-state index in [4.69, 9.17) is 0 Å². The van der Waals surface area contributed by atoms with Crippen LogP contribution < -0.4 is 10.6 Å². The van der Waals surface area contributed by atoms with Crippen LogP contribution in [0.25, 0.3) is 0 Å². The number of carbonyl (C=O) groups excluding carboxylic acids is 2. The van der Waals surface area contributed by atoms with Crippen molar-refractivity contribution in [3.8, 4) is 0 Å². The van der Waals surface area contributed by atoms with E-state index in [-0.39, 0.29) is 17.9 Å². The van der Waals surface area contributed by atoms with Gasteiger partial charge in [0.2, 0.25) is 5.91 Å². The number of carbonyl (C=O) groups is 2. The van der Waals surface area contributed by atoms with Gasteiger partial charge < -0.3 is 15.5 Å². The first kappa shape index (κ1) is 15.8. The number of piperazine rings is 1. The molecule has 1 atom stereocenters. The van der Waals surface area contributed by atoms with Crippen molar-refractivity contribution in [3.05, 3.63) is 47.3 Å². The summed E-state index contributed by atoms with van der Waals surface area (Å²) in [4.78, 5) is 26.5. The Balaban J connectivity index is 1.61. The molecule has 0 bridgehead atoms. The van der Waals surface area contributed by atoms with Crippen molar-refractivity contribution in [3.63, 3.8) is 0 Å². The molecule has 1 saturated heterocycles. The molecule has 4 rings (SSSR count). The predicted octanol–water partition coefficient (Wildman–Crippen LogP) is 1.09. The number of amides is 2. The lowest BCUT2D eigenvalue weighted by molar-refractivity contribution is -0.116. The number of hydrogen-bond donors (Lipinski definition) is 2. The van der Waals surface area contributed by atoms with Crippen molar-refractivity contribution in [1.29, 1.82) is 0 Å². The Bertz CT molecular complexity index is 829. The number of fused-ring (bicyclic) bond motifs is 1. The van der Waals surface area contributed by atoms with Gasteiger partial charge in [-0.1, -0.05) is 0 Å². The average molecular weight is 339 g/mol. The first-order valence-electron chi connectivity index (χ1n) is 8.55. The normalized spacial score (nSPS) is 20.1. The molecule has 130 valence electrons. The minimum atomic E-state index is -0.0225. The van der Waals surface area contributed by atoms with Crippen LogP contribution in [0.4, 0.5) is 5.69 Å². The molecule has 2 aromatic rings. The molecule has 1 aromatic heterocycles. The number of nitrogens with one attached hydrogen (secondary N) is 2. The SMILES string of the molecule is Cn1cc(C2CNCCN2C(=O)c2ccc3c(c2)CCC(=O)N3)cn1. The second-order valence-electron chi connectivity index (χ2n) is 6.59. The topological polar surface area (TPSA) is 79.3 Å². The van der Waals surface area contributed by atoms with Crippen LogP contribution in [-0.2, 0) is 18.3 Å². The molecule has 2 N–H and O–H groups in total. The Kier molecular flexibility index (Phi) is 4.01. The second-order valence-corrected chi connectivity index (χ2v) is 6.59. The van der Waals surface area contributed by atoms with Gasteiger partial charge in [0.1, 0.15) is 0 Å². The lowest BCUT2D eigenvalue weighted by atomic mass is 9.99. The second kappa shape index (κ2) is 6.33. The number of hydrogen-bond acceptors (Lipinski definition) is 4. The van der Waals surface area contributed by atoms with Crippen molar-refractivity contribution in [2.45, 2.75) is 18.9 Å². The highest BCUT2D eigenvalue weighted by atomic mass is 16.2. The summed E-state index contributed by atoms with van der Waals surface area (Å²) in [5.41, 5.74) is 3.55. The van der Waals surface area contributed by atoms with Gasteiger partial charge in [-0.25, -0.2) is 0 Å². The molecule has 1 aromatic carbocycles. The summed E-state index contributed by atoms with van der Waals surface area (Å²) in [5.74, 6) is 0.0559. The van der Waals surface area contributed by atoms with Crippen LogP contribution in [0.5, 0.6) is 0 Å². The Morgan fingerprint density at radius 3 is 3.00 bits per heavy atom. The number of benzene rings is 1. The van der Waals surface area contributed by atoms with Crippen LogP contribution >= 0.6 is 0 Å². The third-order valence-corrected chi connectivity index (χ3v) is 4.86. The molecule has 2 amide bonds. The van der Waals surface area contributed by atoms with Gasteiger partial charge in [0.15, 0.2) is 0 Å². The highest BCUT2D eigenvalue weighted by Gasteiger charge is 2.30. The standard InChI is InChI=1S/C18H21N5O2/c1-22-11-14(9-20-22)16-10-19-6-7-23(16)18(25)13-2-4-15-12(8-13)3-5-17(24)21-15/h2,4,8-9,11,16,19H,3,5-7,10H2,1H3,(H,21,24). The molecule has 0 aliphatic carbocycles. The monoisotopic (exact) mass is 339 g/mol. The van der Waals surface area contributed by atoms with Gasteiger partial charge >= 0.3 is 0 Å². The third-order valence-electron chi connectivity index (χ3n) is 4.86. The fraction of sp³-hybridized carbons (Fsp3) is 0.389. The zero-order valence-electron chi connectivity index (χ0n) is 14.2. The molecule has 2 aliphatic heterocycles. The molecule has 0 radical (unpaired) electrons. The zero-order valence-corrected chi connectivity index (χ0v) is 14.2.